The SMILES string of the molecule is Cc1ccc2oc(C(N)CCC(C)C)cc2c1. The Kier molecular flexibility index (Phi) is 3.53. The quantitative estimate of drug-likeness (QED) is 0.857. The van der Waals surface area contributed by atoms with Crippen LogP contribution in [0.1, 0.15) is 44.1 Å². The first-order valence-electron chi connectivity index (χ1n) is 6.32. The van der Waals surface area contributed by atoms with Gasteiger partial charge in [-0.15, -0.1) is 0 Å². The van der Waals surface area contributed by atoms with Gasteiger partial charge in [0.2, 0.25) is 0 Å². The molecule has 92 valence electrons. The Morgan fingerprint density at radius 3 is 2.65 bits per heavy atom. The molecule has 2 heteroatoms. The minimum Gasteiger partial charge on any atom is -0.459 e. The van der Waals surface area contributed by atoms with E-state index >= 15 is 0 Å². The third-order valence-electron chi connectivity index (χ3n) is 3.11. The van der Waals surface area contributed by atoms with Crippen LogP contribution in [0.15, 0.2) is 28.7 Å². The number of fused-ring (bicyclic) bond motifs is 1. The summed E-state index contributed by atoms with van der Waals surface area (Å²) in [6.45, 7) is 6.52. The van der Waals surface area contributed by atoms with Crippen LogP contribution in [-0.2, 0) is 0 Å². The van der Waals surface area contributed by atoms with Crippen LogP contribution in [0.3, 0.4) is 0 Å². The molecule has 0 aliphatic carbocycles. The molecule has 1 aromatic heterocycles. The molecule has 0 fully saturated rings. The Morgan fingerprint density at radius 1 is 1.18 bits per heavy atom. The van der Waals surface area contributed by atoms with E-state index in [-0.39, 0.29) is 6.04 Å². The molecule has 2 nitrogen and oxygen atoms in total. The van der Waals surface area contributed by atoms with Gasteiger partial charge in [0.25, 0.3) is 0 Å². The van der Waals surface area contributed by atoms with Crippen molar-refractivity contribution in [3.63, 3.8) is 0 Å². The van der Waals surface area contributed by atoms with Gasteiger partial charge in [-0.2, -0.15) is 0 Å². The highest BCUT2D eigenvalue weighted by molar-refractivity contribution is 5.78. The van der Waals surface area contributed by atoms with Gasteiger partial charge in [-0.05, 0) is 43.9 Å². The molecule has 0 radical (unpaired) electrons. The lowest BCUT2D eigenvalue weighted by molar-refractivity contribution is 0.440. The Morgan fingerprint density at radius 2 is 1.94 bits per heavy atom. The van der Waals surface area contributed by atoms with E-state index in [4.69, 9.17) is 10.2 Å². The minimum atomic E-state index is 0.0186. The van der Waals surface area contributed by atoms with Crippen LogP contribution in [-0.4, -0.2) is 0 Å². The number of nitrogens with two attached hydrogens (primary N) is 1. The topological polar surface area (TPSA) is 39.2 Å². The Balaban J connectivity index is 2.18. The summed E-state index contributed by atoms with van der Waals surface area (Å²) in [5.74, 6) is 1.60. The number of hydrogen-bond donors (Lipinski definition) is 1. The number of aryl methyl sites for hydroxylation is 1. The maximum absolute atomic E-state index is 6.15. The molecular formula is C15H21NO. The first-order valence-corrected chi connectivity index (χ1v) is 6.32. The van der Waals surface area contributed by atoms with Crippen molar-refractivity contribution < 1.29 is 4.42 Å². The van der Waals surface area contributed by atoms with Crippen molar-refractivity contribution in [2.75, 3.05) is 0 Å². The van der Waals surface area contributed by atoms with Crippen molar-refractivity contribution in [2.24, 2.45) is 11.7 Å². The Hall–Kier alpha value is -1.28. The van der Waals surface area contributed by atoms with E-state index in [0.29, 0.717) is 5.92 Å². The smallest absolute Gasteiger partial charge is 0.134 e. The highest BCUT2D eigenvalue weighted by Crippen LogP contribution is 2.26. The lowest BCUT2D eigenvalue weighted by Gasteiger charge is -2.09. The highest BCUT2D eigenvalue weighted by atomic mass is 16.3. The fourth-order valence-corrected chi connectivity index (χ4v) is 2.02. The molecule has 0 aliphatic heterocycles. The maximum Gasteiger partial charge on any atom is 0.134 e. The molecule has 17 heavy (non-hydrogen) atoms. The molecule has 0 saturated carbocycles. The largest absolute Gasteiger partial charge is 0.459 e. The first-order chi connectivity index (χ1) is 8.06. The predicted molar refractivity (Wildman–Crippen MR) is 72.0 cm³/mol. The van der Waals surface area contributed by atoms with Crippen LogP contribution in [0.2, 0.25) is 0 Å². The van der Waals surface area contributed by atoms with Crippen LogP contribution in [0, 0.1) is 12.8 Å². The summed E-state index contributed by atoms with van der Waals surface area (Å²) in [5, 5.41) is 1.15. The van der Waals surface area contributed by atoms with Crippen LogP contribution >= 0.6 is 0 Å². The molecular weight excluding hydrogens is 210 g/mol. The molecule has 1 aromatic carbocycles. The summed E-state index contributed by atoms with van der Waals surface area (Å²) in [6.07, 6.45) is 2.12. The van der Waals surface area contributed by atoms with Gasteiger partial charge in [0, 0.05) is 5.39 Å². The number of rotatable bonds is 4. The van der Waals surface area contributed by atoms with Gasteiger partial charge in [-0.3, -0.25) is 0 Å². The van der Waals surface area contributed by atoms with E-state index in [0.717, 1.165) is 29.6 Å². The number of hydrogen-bond acceptors (Lipinski definition) is 2. The van der Waals surface area contributed by atoms with Crippen LogP contribution in [0.5, 0.6) is 0 Å². The van der Waals surface area contributed by atoms with Gasteiger partial charge in [0.1, 0.15) is 11.3 Å². The Bertz CT molecular complexity index is 499. The zero-order valence-electron chi connectivity index (χ0n) is 10.9. The maximum atomic E-state index is 6.15. The predicted octanol–water partition coefficient (Wildman–Crippen LogP) is 4.18. The molecule has 2 rings (SSSR count). The Labute approximate surface area is 103 Å². The third kappa shape index (κ3) is 2.89. The molecule has 0 spiro atoms. The average Bonchev–Trinajstić information content (AvgIpc) is 2.68. The van der Waals surface area contributed by atoms with Gasteiger partial charge >= 0.3 is 0 Å². The lowest BCUT2D eigenvalue weighted by Crippen LogP contribution is -2.10. The number of benzene rings is 1. The van der Waals surface area contributed by atoms with Crippen molar-refractivity contribution in [2.45, 2.75) is 39.7 Å². The molecule has 0 amide bonds. The summed E-state index contributed by atoms with van der Waals surface area (Å²) in [6, 6.07) is 8.31. The second-order valence-corrected chi connectivity index (χ2v) is 5.27. The van der Waals surface area contributed by atoms with Crippen molar-refractivity contribution >= 4 is 11.0 Å². The fraction of sp³-hybridized carbons (Fsp3) is 0.467. The first kappa shape index (κ1) is 12.2. The third-order valence-corrected chi connectivity index (χ3v) is 3.11. The zero-order valence-corrected chi connectivity index (χ0v) is 10.9. The van der Waals surface area contributed by atoms with E-state index < -0.39 is 0 Å². The average molecular weight is 231 g/mol. The minimum absolute atomic E-state index is 0.0186. The summed E-state index contributed by atoms with van der Waals surface area (Å²) >= 11 is 0. The van der Waals surface area contributed by atoms with Gasteiger partial charge < -0.3 is 10.2 Å². The van der Waals surface area contributed by atoms with Crippen molar-refractivity contribution in [1.29, 1.82) is 0 Å². The van der Waals surface area contributed by atoms with E-state index in [2.05, 4.69) is 39.0 Å². The molecule has 1 unspecified atom stereocenters. The van der Waals surface area contributed by atoms with E-state index in [9.17, 15) is 0 Å². The second-order valence-electron chi connectivity index (χ2n) is 5.27. The van der Waals surface area contributed by atoms with Crippen LogP contribution in [0.25, 0.3) is 11.0 Å². The van der Waals surface area contributed by atoms with Crippen molar-refractivity contribution in [1.82, 2.24) is 0 Å². The molecule has 0 bridgehead atoms. The van der Waals surface area contributed by atoms with Crippen molar-refractivity contribution in [3.05, 3.63) is 35.6 Å². The van der Waals surface area contributed by atoms with Crippen molar-refractivity contribution in [3.8, 4) is 0 Å². The van der Waals surface area contributed by atoms with E-state index in [1.807, 2.05) is 6.07 Å². The standard InChI is InChI=1S/C15H21NO/c1-10(2)4-6-13(16)15-9-12-8-11(3)5-7-14(12)17-15/h5,7-10,13H,4,6,16H2,1-3H3. The second kappa shape index (κ2) is 4.92. The fourth-order valence-electron chi connectivity index (χ4n) is 2.02. The van der Waals surface area contributed by atoms with Gasteiger partial charge in [0.15, 0.2) is 0 Å². The van der Waals surface area contributed by atoms with E-state index in [1.165, 1.54) is 5.56 Å². The van der Waals surface area contributed by atoms with Crippen LogP contribution in [0.4, 0.5) is 0 Å². The van der Waals surface area contributed by atoms with E-state index in [1.54, 1.807) is 0 Å². The molecule has 1 atom stereocenters. The normalized spacial score (nSPS) is 13.5. The molecule has 1 heterocycles. The lowest BCUT2D eigenvalue weighted by atomic mass is 10.0. The number of furan rings is 1. The summed E-state index contributed by atoms with van der Waals surface area (Å²) in [5.41, 5.74) is 8.34. The molecule has 0 aliphatic rings. The zero-order chi connectivity index (χ0) is 12.4. The van der Waals surface area contributed by atoms with Gasteiger partial charge in [-0.1, -0.05) is 25.5 Å². The molecule has 2 aromatic rings. The summed E-state index contributed by atoms with van der Waals surface area (Å²) < 4.78 is 5.79. The van der Waals surface area contributed by atoms with Gasteiger partial charge in [0.05, 0.1) is 6.04 Å². The summed E-state index contributed by atoms with van der Waals surface area (Å²) in [7, 11) is 0. The van der Waals surface area contributed by atoms with Gasteiger partial charge in [-0.25, -0.2) is 0 Å². The van der Waals surface area contributed by atoms with Crippen LogP contribution < -0.4 is 5.73 Å². The summed E-state index contributed by atoms with van der Waals surface area (Å²) in [4.78, 5) is 0. The molecule has 0 saturated heterocycles. The monoisotopic (exact) mass is 231 g/mol. The highest BCUT2D eigenvalue weighted by Gasteiger charge is 2.12. The molecule has 2 N–H and O–H groups in total.